The molecule has 0 radical (unpaired) electrons. The molecule has 1 atom stereocenters. The van der Waals surface area contributed by atoms with Gasteiger partial charge >= 0.3 is 5.97 Å². The molecule has 0 saturated heterocycles. The van der Waals surface area contributed by atoms with E-state index >= 15 is 0 Å². The quantitative estimate of drug-likeness (QED) is 0.360. The molecule has 34 heavy (non-hydrogen) atoms. The van der Waals surface area contributed by atoms with E-state index in [-0.39, 0.29) is 34.3 Å². The van der Waals surface area contributed by atoms with Crippen LogP contribution in [0.3, 0.4) is 0 Å². The molecule has 1 heterocycles. The van der Waals surface area contributed by atoms with E-state index in [9.17, 15) is 19.8 Å². The Morgan fingerprint density at radius 3 is 2.21 bits per heavy atom. The maximum atomic E-state index is 13.3. The van der Waals surface area contributed by atoms with Crippen LogP contribution in [0.15, 0.2) is 76.1 Å². The molecular formula is C28H26O6. The fourth-order valence-electron chi connectivity index (χ4n) is 4.14. The van der Waals surface area contributed by atoms with Gasteiger partial charge in [-0.15, -0.1) is 0 Å². The second-order valence-corrected chi connectivity index (χ2v) is 8.55. The summed E-state index contributed by atoms with van der Waals surface area (Å²) in [5.41, 5.74) is 3.16. The molecule has 2 N–H and O–H groups in total. The van der Waals surface area contributed by atoms with E-state index in [1.165, 1.54) is 37.6 Å². The standard InChI is InChI=1S/C28H26O6/c1-16(2)17-4-6-18(7-5-17)22(14-25(31)33-3)26-24(30)13-12-21-27(32)23(15-34-28(21)26)19-8-10-20(29)11-9-19/h4-13,15-16,22,29-30H,14H2,1-3H3/t22-/m1/s1. The number of phenolic OH excluding ortho intramolecular Hbond substituents is 2. The number of methoxy groups -OCH3 is 1. The maximum absolute atomic E-state index is 13.3. The van der Waals surface area contributed by atoms with Gasteiger partial charge in [-0.2, -0.15) is 0 Å². The molecule has 0 amide bonds. The van der Waals surface area contributed by atoms with Gasteiger partial charge in [0.05, 0.1) is 24.5 Å². The van der Waals surface area contributed by atoms with Gasteiger partial charge in [0.25, 0.3) is 0 Å². The summed E-state index contributed by atoms with van der Waals surface area (Å²) in [6.45, 7) is 4.19. The molecule has 6 heteroatoms. The molecule has 0 saturated carbocycles. The fourth-order valence-corrected chi connectivity index (χ4v) is 4.14. The van der Waals surface area contributed by atoms with Gasteiger partial charge in [0.1, 0.15) is 23.3 Å². The van der Waals surface area contributed by atoms with Crippen molar-refractivity contribution in [3.05, 3.63) is 93.8 Å². The van der Waals surface area contributed by atoms with Crippen LogP contribution < -0.4 is 5.43 Å². The van der Waals surface area contributed by atoms with Gasteiger partial charge in [0.2, 0.25) is 5.43 Å². The third-order valence-electron chi connectivity index (χ3n) is 6.09. The zero-order valence-corrected chi connectivity index (χ0v) is 19.2. The first-order chi connectivity index (χ1) is 16.3. The summed E-state index contributed by atoms with van der Waals surface area (Å²) in [5, 5.41) is 20.7. The molecule has 0 bridgehead atoms. The van der Waals surface area contributed by atoms with Crippen molar-refractivity contribution in [2.45, 2.75) is 32.1 Å². The van der Waals surface area contributed by atoms with Crippen LogP contribution in [0.2, 0.25) is 0 Å². The Labute approximate surface area is 197 Å². The van der Waals surface area contributed by atoms with Crippen LogP contribution >= 0.6 is 0 Å². The first-order valence-electron chi connectivity index (χ1n) is 11.0. The minimum absolute atomic E-state index is 0.0341. The van der Waals surface area contributed by atoms with Crippen LogP contribution in [0.1, 0.15) is 48.8 Å². The SMILES string of the molecule is COC(=O)C[C@H](c1ccc(C(C)C)cc1)c1c(O)ccc2c(=O)c(-c3ccc(O)cc3)coc12. The number of carbonyl (C=O) groups excluding carboxylic acids is 1. The van der Waals surface area contributed by atoms with Crippen molar-refractivity contribution in [2.24, 2.45) is 0 Å². The van der Waals surface area contributed by atoms with Gasteiger partial charge < -0.3 is 19.4 Å². The summed E-state index contributed by atoms with van der Waals surface area (Å²) in [7, 11) is 1.31. The van der Waals surface area contributed by atoms with Crippen LogP contribution in [0.5, 0.6) is 11.5 Å². The van der Waals surface area contributed by atoms with E-state index in [0.29, 0.717) is 22.6 Å². The lowest BCUT2D eigenvalue weighted by Crippen LogP contribution is -2.13. The molecule has 4 rings (SSSR count). The number of carbonyl (C=O) groups is 1. The molecule has 6 nitrogen and oxygen atoms in total. The van der Waals surface area contributed by atoms with Crippen molar-refractivity contribution in [1.29, 1.82) is 0 Å². The average Bonchev–Trinajstić information content (AvgIpc) is 2.83. The van der Waals surface area contributed by atoms with Crippen molar-refractivity contribution < 1.29 is 24.2 Å². The molecule has 0 aliphatic carbocycles. The molecule has 0 aliphatic heterocycles. The Hall–Kier alpha value is -4.06. The molecule has 174 valence electrons. The largest absolute Gasteiger partial charge is 0.508 e. The Balaban J connectivity index is 1.90. The first kappa shape index (κ1) is 23.1. The zero-order chi connectivity index (χ0) is 24.4. The average molecular weight is 459 g/mol. The topological polar surface area (TPSA) is 97.0 Å². The third-order valence-corrected chi connectivity index (χ3v) is 6.09. The van der Waals surface area contributed by atoms with Crippen molar-refractivity contribution >= 4 is 16.9 Å². The number of fused-ring (bicyclic) bond motifs is 1. The van der Waals surface area contributed by atoms with E-state index in [1.807, 2.05) is 24.3 Å². The number of rotatable bonds is 6. The second kappa shape index (κ2) is 9.43. The molecule has 0 unspecified atom stereocenters. The lowest BCUT2D eigenvalue weighted by atomic mass is 9.85. The zero-order valence-electron chi connectivity index (χ0n) is 19.2. The number of hydrogen-bond acceptors (Lipinski definition) is 6. The minimum atomic E-state index is -0.583. The summed E-state index contributed by atoms with van der Waals surface area (Å²) in [4.78, 5) is 25.6. The monoisotopic (exact) mass is 458 g/mol. The second-order valence-electron chi connectivity index (χ2n) is 8.55. The number of phenols is 2. The summed E-state index contributed by atoms with van der Waals surface area (Å²) < 4.78 is 10.8. The molecule has 1 aromatic heterocycles. The highest BCUT2D eigenvalue weighted by atomic mass is 16.5. The molecule has 0 spiro atoms. The summed E-state index contributed by atoms with van der Waals surface area (Å²) in [6, 6.07) is 17.0. The fraction of sp³-hybridized carbons (Fsp3) is 0.214. The Kier molecular flexibility index (Phi) is 6.41. The van der Waals surface area contributed by atoms with Gasteiger partial charge in [-0.05, 0) is 46.9 Å². The lowest BCUT2D eigenvalue weighted by Gasteiger charge is -2.20. The number of hydrogen-bond donors (Lipinski definition) is 2. The Morgan fingerprint density at radius 2 is 1.59 bits per heavy atom. The lowest BCUT2D eigenvalue weighted by molar-refractivity contribution is -0.140. The van der Waals surface area contributed by atoms with Crippen molar-refractivity contribution in [3.8, 4) is 22.6 Å². The van der Waals surface area contributed by atoms with Crippen LogP contribution in [-0.4, -0.2) is 23.3 Å². The van der Waals surface area contributed by atoms with Crippen molar-refractivity contribution in [1.82, 2.24) is 0 Å². The number of aromatic hydroxyl groups is 2. The van der Waals surface area contributed by atoms with E-state index in [1.54, 1.807) is 12.1 Å². The molecular weight excluding hydrogens is 432 g/mol. The van der Waals surface area contributed by atoms with Gasteiger partial charge in [0.15, 0.2) is 0 Å². The van der Waals surface area contributed by atoms with Gasteiger partial charge in [-0.25, -0.2) is 0 Å². The van der Waals surface area contributed by atoms with Crippen LogP contribution in [0.25, 0.3) is 22.1 Å². The van der Waals surface area contributed by atoms with E-state index in [4.69, 9.17) is 9.15 Å². The normalized spacial score (nSPS) is 12.1. The van der Waals surface area contributed by atoms with Gasteiger partial charge in [-0.1, -0.05) is 50.2 Å². The third kappa shape index (κ3) is 4.39. The predicted molar refractivity (Wildman–Crippen MR) is 130 cm³/mol. The highest BCUT2D eigenvalue weighted by Gasteiger charge is 2.26. The Morgan fingerprint density at radius 1 is 0.941 bits per heavy atom. The summed E-state index contributed by atoms with van der Waals surface area (Å²) in [6.07, 6.45) is 1.31. The number of benzene rings is 3. The molecule has 0 aliphatic rings. The Bertz CT molecular complexity index is 1380. The van der Waals surface area contributed by atoms with Crippen LogP contribution in [-0.2, 0) is 9.53 Å². The van der Waals surface area contributed by atoms with Gasteiger partial charge in [-0.3, -0.25) is 9.59 Å². The van der Waals surface area contributed by atoms with E-state index < -0.39 is 11.9 Å². The van der Waals surface area contributed by atoms with Crippen LogP contribution in [0, 0.1) is 0 Å². The van der Waals surface area contributed by atoms with E-state index in [0.717, 1.165) is 11.1 Å². The predicted octanol–water partition coefficient (Wildman–Crippen LogP) is 5.69. The van der Waals surface area contributed by atoms with E-state index in [2.05, 4.69) is 13.8 Å². The minimum Gasteiger partial charge on any atom is -0.508 e. The van der Waals surface area contributed by atoms with Gasteiger partial charge in [0, 0.05) is 11.5 Å². The van der Waals surface area contributed by atoms with Crippen molar-refractivity contribution in [3.63, 3.8) is 0 Å². The number of ether oxygens (including phenoxy) is 1. The molecule has 0 fully saturated rings. The first-order valence-corrected chi connectivity index (χ1v) is 11.0. The number of esters is 1. The summed E-state index contributed by atoms with van der Waals surface area (Å²) >= 11 is 0. The smallest absolute Gasteiger partial charge is 0.306 e. The molecule has 4 aromatic rings. The van der Waals surface area contributed by atoms with Crippen molar-refractivity contribution in [2.75, 3.05) is 7.11 Å². The molecule has 3 aromatic carbocycles. The highest BCUT2D eigenvalue weighted by Crippen LogP contribution is 2.39. The highest BCUT2D eigenvalue weighted by molar-refractivity contribution is 5.87. The van der Waals surface area contributed by atoms with Crippen LogP contribution in [0.4, 0.5) is 0 Å². The maximum Gasteiger partial charge on any atom is 0.306 e. The summed E-state index contributed by atoms with van der Waals surface area (Å²) in [5.74, 6) is -0.669.